The lowest BCUT2D eigenvalue weighted by Crippen LogP contribution is -2.36. The van der Waals surface area contributed by atoms with Crippen molar-refractivity contribution < 1.29 is 9.59 Å². The summed E-state index contributed by atoms with van der Waals surface area (Å²) in [6.45, 7) is 0. The molecule has 26 heavy (non-hydrogen) atoms. The van der Waals surface area contributed by atoms with Crippen LogP contribution in [-0.2, 0) is 6.42 Å². The van der Waals surface area contributed by atoms with E-state index in [1.165, 1.54) is 4.90 Å². The molecule has 3 aromatic rings. The normalized spacial score (nSPS) is 14.4. The van der Waals surface area contributed by atoms with Gasteiger partial charge >= 0.3 is 0 Å². The molecule has 0 spiro atoms. The summed E-state index contributed by atoms with van der Waals surface area (Å²) in [5.74, 6) is -0.651. The van der Waals surface area contributed by atoms with Crippen LogP contribution in [0.25, 0.3) is 0 Å². The van der Waals surface area contributed by atoms with Crippen LogP contribution in [-0.4, -0.2) is 26.7 Å². The van der Waals surface area contributed by atoms with Crippen LogP contribution in [0.1, 0.15) is 38.1 Å². The largest absolute Gasteiger partial charge is 0.269 e. The predicted molar refractivity (Wildman–Crippen MR) is 96.9 cm³/mol. The van der Waals surface area contributed by atoms with Gasteiger partial charge in [-0.15, -0.1) is 0 Å². The minimum atomic E-state index is -0.587. The zero-order chi connectivity index (χ0) is 18.1. The van der Waals surface area contributed by atoms with E-state index in [-0.39, 0.29) is 11.8 Å². The van der Waals surface area contributed by atoms with Gasteiger partial charge in [0.25, 0.3) is 11.8 Å². The maximum atomic E-state index is 12.9. The Hall–Kier alpha value is -3.05. The Labute approximate surface area is 155 Å². The van der Waals surface area contributed by atoms with Crippen LogP contribution in [0.2, 0.25) is 5.15 Å². The first-order chi connectivity index (χ1) is 12.6. The summed E-state index contributed by atoms with van der Waals surface area (Å²) >= 11 is 6.05. The summed E-state index contributed by atoms with van der Waals surface area (Å²) in [4.78, 5) is 35.8. The van der Waals surface area contributed by atoms with Crippen molar-refractivity contribution in [3.05, 3.63) is 94.5 Å². The Morgan fingerprint density at radius 3 is 2.19 bits per heavy atom. The summed E-state index contributed by atoms with van der Waals surface area (Å²) in [6, 6.07) is 17.0. The monoisotopic (exact) mass is 363 g/mol. The highest BCUT2D eigenvalue weighted by Crippen LogP contribution is 2.33. The molecule has 1 aliphatic heterocycles. The average Bonchev–Trinajstić information content (AvgIpc) is 2.92. The molecule has 1 atom stereocenters. The summed E-state index contributed by atoms with van der Waals surface area (Å²) < 4.78 is 0. The third kappa shape index (κ3) is 2.86. The van der Waals surface area contributed by atoms with Crippen molar-refractivity contribution in [1.29, 1.82) is 0 Å². The molecule has 0 bridgehead atoms. The molecule has 2 amide bonds. The van der Waals surface area contributed by atoms with E-state index >= 15 is 0 Å². The van der Waals surface area contributed by atoms with Gasteiger partial charge in [0.2, 0.25) is 0 Å². The Kier molecular flexibility index (Phi) is 4.22. The van der Waals surface area contributed by atoms with Gasteiger partial charge in [-0.2, -0.15) is 0 Å². The molecule has 4 rings (SSSR count). The van der Waals surface area contributed by atoms with Crippen LogP contribution in [0, 0.1) is 0 Å². The third-order valence-electron chi connectivity index (χ3n) is 4.34. The fraction of sp³-hybridized carbons (Fsp3) is 0.100. The van der Waals surface area contributed by atoms with Gasteiger partial charge in [-0.1, -0.05) is 35.9 Å². The first-order valence-electron chi connectivity index (χ1n) is 8.14. The van der Waals surface area contributed by atoms with E-state index in [4.69, 9.17) is 11.6 Å². The van der Waals surface area contributed by atoms with Gasteiger partial charge in [0, 0.05) is 18.3 Å². The van der Waals surface area contributed by atoms with Crippen molar-refractivity contribution in [3.63, 3.8) is 0 Å². The van der Waals surface area contributed by atoms with Crippen molar-refractivity contribution in [1.82, 2.24) is 14.9 Å². The molecular formula is C20H14ClN3O2. The summed E-state index contributed by atoms with van der Waals surface area (Å²) in [5, 5.41) is 0.310. The van der Waals surface area contributed by atoms with Crippen molar-refractivity contribution in [2.24, 2.45) is 0 Å². The number of imide groups is 1. The number of hydrogen-bond donors (Lipinski definition) is 0. The van der Waals surface area contributed by atoms with E-state index in [1.807, 2.05) is 18.2 Å². The minimum absolute atomic E-state index is 0.310. The molecule has 5 nitrogen and oxygen atoms in total. The van der Waals surface area contributed by atoms with Gasteiger partial charge in [0.05, 0.1) is 22.9 Å². The Balaban J connectivity index is 1.79. The van der Waals surface area contributed by atoms with E-state index in [2.05, 4.69) is 9.97 Å². The van der Waals surface area contributed by atoms with Crippen LogP contribution in [0.5, 0.6) is 0 Å². The maximum absolute atomic E-state index is 12.9. The highest BCUT2D eigenvalue weighted by Gasteiger charge is 2.41. The zero-order valence-electron chi connectivity index (χ0n) is 13.7. The number of aromatic nitrogens is 2. The lowest BCUT2D eigenvalue weighted by atomic mass is 10.0. The summed E-state index contributed by atoms with van der Waals surface area (Å²) in [7, 11) is 0. The van der Waals surface area contributed by atoms with E-state index in [1.54, 1.807) is 48.7 Å². The Morgan fingerprint density at radius 2 is 1.58 bits per heavy atom. The molecule has 0 aliphatic carbocycles. The Bertz CT molecular complexity index is 956. The molecule has 128 valence electrons. The Morgan fingerprint density at radius 1 is 0.885 bits per heavy atom. The first-order valence-corrected chi connectivity index (χ1v) is 8.52. The SMILES string of the molecule is O=C1c2ccccc2C(=O)N1C(Cc1ccccn1)c1cccc(Cl)n1. The van der Waals surface area contributed by atoms with Gasteiger partial charge in [0.15, 0.2) is 0 Å². The number of benzene rings is 1. The number of carbonyl (C=O) groups excluding carboxylic acids is 2. The van der Waals surface area contributed by atoms with Crippen LogP contribution >= 0.6 is 11.6 Å². The van der Waals surface area contributed by atoms with E-state index in [0.717, 1.165) is 5.69 Å². The number of fused-ring (bicyclic) bond motifs is 1. The molecule has 6 heteroatoms. The van der Waals surface area contributed by atoms with E-state index in [9.17, 15) is 9.59 Å². The molecule has 0 N–H and O–H groups in total. The molecule has 1 unspecified atom stereocenters. The molecule has 2 aromatic heterocycles. The van der Waals surface area contributed by atoms with Crippen LogP contribution in [0.15, 0.2) is 66.9 Å². The number of rotatable bonds is 4. The topological polar surface area (TPSA) is 63.2 Å². The second kappa shape index (κ2) is 6.69. The first kappa shape index (κ1) is 16.4. The molecular weight excluding hydrogens is 350 g/mol. The number of hydrogen-bond acceptors (Lipinski definition) is 4. The summed E-state index contributed by atoms with van der Waals surface area (Å²) in [6.07, 6.45) is 2.04. The number of halogens is 1. The van der Waals surface area contributed by atoms with Crippen LogP contribution in [0.4, 0.5) is 0 Å². The highest BCUT2D eigenvalue weighted by molar-refractivity contribution is 6.29. The standard InChI is InChI=1S/C20H14ClN3O2/c21-18-10-5-9-16(23-18)17(12-13-6-3-4-11-22-13)24-19(25)14-7-1-2-8-15(14)20(24)26/h1-11,17H,12H2. The van der Waals surface area contributed by atoms with Crippen LogP contribution < -0.4 is 0 Å². The smallest absolute Gasteiger partial charge is 0.262 e. The van der Waals surface area contributed by atoms with Crippen molar-refractivity contribution in [2.45, 2.75) is 12.5 Å². The molecule has 0 fully saturated rings. The van der Waals surface area contributed by atoms with Crippen molar-refractivity contribution in [2.75, 3.05) is 0 Å². The molecule has 0 saturated carbocycles. The van der Waals surface area contributed by atoms with Crippen molar-refractivity contribution >= 4 is 23.4 Å². The lowest BCUT2D eigenvalue weighted by molar-refractivity contribution is 0.0577. The van der Waals surface area contributed by atoms with Gasteiger partial charge in [-0.3, -0.25) is 19.5 Å². The number of pyridine rings is 2. The van der Waals surface area contributed by atoms with Crippen LogP contribution in [0.3, 0.4) is 0 Å². The van der Waals surface area contributed by atoms with E-state index < -0.39 is 6.04 Å². The second-order valence-electron chi connectivity index (χ2n) is 5.95. The van der Waals surface area contributed by atoms with Crippen molar-refractivity contribution in [3.8, 4) is 0 Å². The van der Waals surface area contributed by atoms with Gasteiger partial charge in [0.1, 0.15) is 5.15 Å². The van der Waals surface area contributed by atoms with Gasteiger partial charge in [-0.25, -0.2) is 4.98 Å². The lowest BCUT2D eigenvalue weighted by Gasteiger charge is -2.25. The molecule has 0 radical (unpaired) electrons. The predicted octanol–water partition coefficient (Wildman–Crippen LogP) is 3.71. The van der Waals surface area contributed by atoms with Gasteiger partial charge < -0.3 is 0 Å². The highest BCUT2D eigenvalue weighted by atomic mass is 35.5. The molecule has 1 aromatic carbocycles. The second-order valence-corrected chi connectivity index (χ2v) is 6.34. The average molecular weight is 364 g/mol. The van der Waals surface area contributed by atoms with E-state index in [0.29, 0.717) is 28.4 Å². The minimum Gasteiger partial charge on any atom is -0.269 e. The fourth-order valence-electron chi connectivity index (χ4n) is 3.15. The van der Waals surface area contributed by atoms with Gasteiger partial charge in [-0.05, 0) is 36.4 Å². The molecule has 3 heterocycles. The molecule has 1 aliphatic rings. The molecule has 0 saturated heterocycles. The quantitative estimate of drug-likeness (QED) is 0.523. The number of nitrogens with zero attached hydrogens (tertiary/aromatic N) is 3. The number of carbonyl (C=O) groups is 2. The third-order valence-corrected chi connectivity index (χ3v) is 4.55. The summed E-state index contributed by atoms with van der Waals surface area (Å²) in [5.41, 5.74) is 2.13. The fourth-order valence-corrected chi connectivity index (χ4v) is 3.32. The zero-order valence-corrected chi connectivity index (χ0v) is 14.4. The maximum Gasteiger partial charge on any atom is 0.262 e. The number of amides is 2.